The van der Waals surface area contributed by atoms with Crippen LogP contribution in [0, 0.1) is 0 Å². The van der Waals surface area contributed by atoms with Gasteiger partial charge in [-0.05, 0) is 17.7 Å². The summed E-state index contributed by atoms with van der Waals surface area (Å²) in [5, 5.41) is 16.8. The van der Waals surface area contributed by atoms with E-state index in [-0.39, 0.29) is 0 Å². The molecule has 6 heteroatoms. The molecule has 2 rings (SSSR count). The molecule has 0 heterocycles. The number of rotatable bonds is 6. The summed E-state index contributed by atoms with van der Waals surface area (Å²) in [4.78, 5) is 4.16. The first-order chi connectivity index (χ1) is 11.2. The van der Waals surface area contributed by atoms with Crippen molar-refractivity contribution < 1.29 is 5.21 Å². The lowest BCUT2D eigenvalue weighted by molar-refractivity contribution is 0.317. The lowest BCUT2D eigenvalue weighted by Crippen LogP contribution is -2.17. The molecule has 0 fully saturated rings. The van der Waals surface area contributed by atoms with Crippen molar-refractivity contribution in [2.24, 2.45) is 10.1 Å². The SMILES string of the molecule is O/N=C(/CCNCc1ccccc1Cl)N=Cc1ccccc1Cl. The number of aliphatic imine (C=N–C) groups is 1. The average Bonchev–Trinajstić information content (AvgIpc) is 2.57. The number of hydrogen-bond acceptors (Lipinski definition) is 3. The van der Waals surface area contributed by atoms with Gasteiger partial charge in [-0.25, -0.2) is 4.99 Å². The van der Waals surface area contributed by atoms with Gasteiger partial charge in [0, 0.05) is 41.3 Å². The molecule has 0 spiro atoms. The van der Waals surface area contributed by atoms with E-state index in [2.05, 4.69) is 15.5 Å². The van der Waals surface area contributed by atoms with Crippen LogP contribution >= 0.6 is 23.2 Å². The molecule has 0 amide bonds. The second kappa shape index (κ2) is 9.30. The minimum absolute atomic E-state index is 0.330. The van der Waals surface area contributed by atoms with E-state index in [4.69, 9.17) is 28.4 Å². The molecule has 0 aliphatic heterocycles. The molecular weight excluding hydrogens is 333 g/mol. The Morgan fingerprint density at radius 3 is 2.43 bits per heavy atom. The Morgan fingerprint density at radius 1 is 1.04 bits per heavy atom. The average molecular weight is 350 g/mol. The van der Waals surface area contributed by atoms with Crippen LogP contribution in [0.3, 0.4) is 0 Å². The Bertz CT molecular complexity index is 702. The van der Waals surface area contributed by atoms with Crippen LogP contribution in [0.1, 0.15) is 17.5 Å². The smallest absolute Gasteiger partial charge is 0.168 e. The molecule has 0 aromatic heterocycles. The minimum atomic E-state index is 0.330. The van der Waals surface area contributed by atoms with E-state index in [0.29, 0.717) is 30.4 Å². The first-order valence-electron chi connectivity index (χ1n) is 7.14. The Labute approximate surface area is 145 Å². The lowest BCUT2D eigenvalue weighted by atomic mass is 10.2. The third-order valence-corrected chi connectivity index (χ3v) is 3.88. The molecule has 0 aliphatic rings. The fourth-order valence-corrected chi connectivity index (χ4v) is 2.32. The van der Waals surface area contributed by atoms with Crippen molar-refractivity contribution in [2.45, 2.75) is 13.0 Å². The molecule has 4 nitrogen and oxygen atoms in total. The lowest BCUT2D eigenvalue weighted by Gasteiger charge is -2.06. The van der Waals surface area contributed by atoms with Crippen molar-refractivity contribution in [3.8, 4) is 0 Å². The van der Waals surface area contributed by atoms with Gasteiger partial charge < -0.3 is 10.5 Å². The van der Waals surface area contributed by atoms with Gasteiger partial charge >= 0.3 is 0 Å². The predicted octanol–water partition coefficient (Wildman–Crippen LogP) is 4.38. The van der Waals surface area contributed by atoms with E-state index < -0.39 is 0 Å². The van der Waals surface area contributed by atoms with E-state index >= 15 is 0 Å². The van der Waals surface area contributed by atoms with Crippen molar-refractivity contribution in [2.75, 3.05) is 6.54 Å². The van der Waals surface area contributed by atoms with Crippen LogP contribution in [0.2, 0.25) is 10.0 Å². The van der Waals surface area contributed by atoms with E-state index in [1.165, 1.54) is 0 Å². The fraction of sp³-hybridized carbons (Fsp3) is 0.176. The summed E-state index contributed by atoms with van der Waals surface area (Å²) in [5.41, 5.74) is 1.80. The number of hydrogen-bond donors (Lipinski definition) is 2. The summed E-state index contributed by atoms with van der Waals surface area (Å²) in [6, 6.07) is 15.0. The molecule has 0 unspecified atom stereocenters. The predicted molar refractivity (Wildman–Crippen MR) is 96.0 cm³/mol. The number of nitrogens with zero attached hydrogens (tertiary/aromatic N) is 2. The maximum atomic E-state index is 9.03. The Balaban J connectivity index is 1.82. The van der Waals surface area contributed by atoms with Gasteiger partial charge in [0.2, 0.25) is 0 Å². The van der Waals surface area contributed by atoms with E-state index in [1.807, 2.05) is 42.5 Å². The van der Waals surface area contributed by atoms with E-state index in [9.17, 15) is 0 Å². The summed E-state index contributed by atoms with van der Waals surface area (Å²) >= 11 is 12.1. The summed E-state index contributed by atoms with van der Waals surface area (Å²) in [6.45, 7) is 1.26. The van der Waals surface area contributed by atoms with Gasteiger partial charge in [0.1, 0.15) is 0 Å². The second-order valence-electron chi connectivity index (χ2n) is 4.81. The Hall–Kier alpha value is -1.88. The minimum Gasteiger partial charge on any atom is -0.409 e. The van der Waals surface area contributed by atoms with Crippen LogP contribution in [-0.4, -0.2) is 23.8 Å². The third kappa shape index (κ3) is 5.67. The maximum Gasteiger partial charge on any atom is 0.168 e. The maximum absolute atomic E-state index is 9.03. The van der Waals surface area contributed by atoms with Gasteiger partial charge in [-0.1, -0.05) is 64.8 Å². The zero-order valence-corrected chi connectivity index (χ0v) is 13.9. The standard InChI is InChI=1S/C17H17Cl2N3O/c18-15-7-3-1-5-13(15)11-20-10-9-17(22-23)21-12-14-6-2-4-8-16(14)19/h1-8,12,20,23H,9-11H2/b21-12?,22-17-. The molecular formula is C17H17Cl2N3O. The molecule has 0 bridgehead atoms. The van der Waals surface area contributed by atoms with Crippen LogP contribution in [0.15, 0.2) is 58.7 Å². The van der Waals surface area contributed by atoms with E-state index in [0.717, 1.165) is 16.1 Å². The zero-order valence-electron chi connectivity index (χ0n) is 12.4. The van der Waals surface area contributed by atoms with Crippen LogP contribution < -0.4 is 5.32 Å². The molecule has 120 valence electrons. The number of nitrogens with one attached hydrogen (secondary N) is 1. The van der Waals surface area contributed by atoms with Gasteiger partial charge in [-0.3, -0.25) is 0 Å². The molecule has 2 aromatic carbocycles. The highest BCUT2D eigenvalue weighted by Gasteiger charge is 2.01. The fourth-order valence-electron chi connectivity index (χ4n) is 1.93. The van der Waals surface area contributed by atoms with Crippen LogP contribution in [-0.2, 0) is 6.54 Å². The number of oxime groups is 1. The molecule has 2 aromatic rings. The highest BCUT2D eigenvalue weighted by molar-refractivity contribution is 6.33. The van der Waals surface area contributed by atoms with Gasteiger partial charge in [0.25, 0.3) is 0 Å². The van der Waals surface area contributed by atoms with Gasteiger partial charge in [-0.2, -0.15) is 0 Å². The highest BCUT2D eigenvalue weighted by atomic mass is 35.5. The van der Waals surface area contributed by atoms with Crippen molar-refractivity contribution in [1.82, 2.24) is 5.32 Å². The van der Waals surface area contributed by atoms with Crippen molar-refractivity contribution in [3.63, 3.8) is 0 Å². The van der Waals surface area contributed by atoms with Crippen molar-refractivity contribution >= 4 is 35.3 Å². The molecule has 0 radical (unpaired) electrons. The molecule has 0 saturated carbocycles. The summed E-state index contributed by atoms with van der Waals surface area (Å²) in [5.74, 6) is 0.330. The van der Waals surface area contributed by atoms with Crippen LogP contribution in [0.25, 0.3) is 0 Å². The molecule has 2 N–H and O–H groups in total. The highest BCUT2D eigenvalue weighted by Crippen LogP contribution is 2.14. The Kier molecular flexibility index (Phi) is 7.07. The topological polar surface area (TPSA) is 57.0 Å². The first kappa shape index (κ1) is 17.5. The third-order valence-electron chi connectivity index (χ3n) is 3.17. The van der Waals surface area contributed by atoms with Crippen LogP contribution in [0.4, 0.5) is 0 Å². The number of benzene rings is 2. The zero-order chi connectivity index (χ0) is 16.5. The van der Waals surface area contributed by atoms with Crippen LogP contribution in [0.5, 0.6) is 0 Å². The largest absolute Gasteiger partial charge is 0.409 e. The molecule has 23 heavy (non-hydrogen) atoms. The quantitative estimate of drug-likeness (QED) is 0.267. The first-order valence-corrected chi connectivity index (χ1v) is 7.90. The van der Waals surface area contributed by atoms with Gasteiger partial charge in [0.05, 0.1) is 0 Å². The van der Waals surface area contributed by atoms with E-state index in [1.54, 1.807) is 12.3 Å². The Morgan fingerprint density at radius 2 is 1.74 bits per heavy atom. The summed E-state index contributed by atoms with van der Waals surface area (Å²) in [6.07, 6.45) is 2.08. The van der Waals surface area contributed by atoms with Crippen molar-refractivity contribution in [1.29, 1.82) is 0 Å². The normalized spacial score (nSPS) is 12.0. The number of halogens is 2. The molecule has 0 saturated heterocycles. The summed E-state index contributed by atoms with van der Waals surface area (Å²) < 4.78 is 0. The second-order valence-corrected chi connectivity index (χ2v) is 5.63. The number of amidine groups is 1. The van der Waals surface area contributed by atoms with Gasteiger partial charge in [0.15, 0.2) is 5.84 Å². The molecule has 0 aliphatic carbocycles. The van der Waals surface area contributed by atoms with Crippen molar-refractivity contribution in [3.05, 3.63) is 69.7 Å². The van der Waals surface area contributed by atoms with Gasteiger partial charge in [-0.15, -0.1) is 0 Å². The summed E-state index contributed by atoms with van der Waals surface area (Å²) in [7, 11) is 0. The monoisotopic (exact) mass is 349 g/mol. The molecule has 0 atom stereocenters.